The highest BCUT2D eigenvalue weighted by Crippen LogP contribution is 2.38. The third-order valence-corrected chi connectivity index (χ3v) is 5.18. The Balaban J connectivity index is 1.69. The maximum Gasteiger partial charge on any atom is 0.512 e. The van der Waals surface area contributed by atoms with Crippen molar-refractivity contribution in [1.82, 2.24) is 4.98 Å². The number of hydrogen-bond donors (Lipinski definition) is 4. The van der Waals surface area contributed by atoms with Crippen LogP contribution < -0.4 is 9.47 Å². The summed E-state index contributed by atoms with van der Waals surface area (Å²) in [6.07, 6.45) is -2.59. The topological polar surface area (TPSA) is 112 Å². The monoisotopic (exact) mass is 437 g/mol. The number of phenols is 1. The van der Waals surface area contributed by atoms with Crippen LogP contribution in [0.4, 0.5) is 9.18 Å². The Morgan fingerprint density at radius 1 is 1.06 bits per heavy atom. The normalized spacial score (nSPS) is 12.0. The lowest BCUT2D eigenvalue weighted by molar-refractivity contribution is 0.143. The highest BCUT2D eigenvalue weighted by molar-refractivity contribution is 5.88. The third kappa shape index (κ3) is 4.08. The van der Waals surface area contributed by atoms with Crippen LogP contribution in [0.25, 0.3) is 10.9 Å². The number of benzene rings is 3. The molecular formula is C24H20FNO6. The van der Waals surface area contributed by atoms with Crippen molar-refractivity contribution >= 4 is 17.1 Å². The number of aromatic amines is 1. The number of aromatic hydroxyl groups is 1. The quantitative estimate of drug-likeness (QED) is 0.304. The summed E-state index contributed by atoms with van der Waals surface area (Å²) in [7, 11) is 0. The third-order valence-electron chi connectivity index (χ3n) is 5.18. The van der Waals surface area contributed by atoms with Crippen LogP contribution in [0.1, 0.15) is 28.4 Å². The maximum absolute atomic E-state index is 13.2. The number of aliphatic hydroxyl groups is 1. The van der Waals surface area contributed by atoms with E-state index in [9.17, 15) is 19.4 Å². The van der Waals surface area contributed by atoms with Crippen LogP contribution in [0.3, 0.4) is 0 Å². The van der Waals surface area contributed by atoms with Gasteiger partial charge in [0.05, 0.1) is 0 Å². The zero-order valence-corrected chi connectivity index (χ0v) is 17.2. The number of rotatable bonds is 5. The van der Waals surface area contributed by atoms with Crippen molar-refractivity contribution < 1.29 is 34.0 Å². The van der Waals surface area contributed by atoms with Crippen LogP contribution in [0.5, 0.6) is 23.1 Å². The lowest BCUT2D eigenvalue weighted by atomic mass is 10.0. The number of aromatic nitrogens is 1. The molecule has 1 unspecified atom stereocenters. The second-order valence-electron chi connectivity index (χ2n) is 7.39. The Kier molecular flexibility index (Phi) is 5.46. The van der Waals surface area contributed by atoms with Gasteiger partial charge in [-0.3, -0.25) is 0 Å². The number of hydrogen-bond acceptors (Lipinski definition) is 5. The molecule has 0 aliphatic heterocycles. The molecule has 4 aromatic rings. The molecule has 7 nitrogen and oxygen atoms in total. The number of nitrogens with one attached hydrogen (secondary N) is 1. The van der Waals surface area contributed by atoms with Crippen LogP contribution >= 0.6 is 0 Å². The molecule has 0 spiro atoms. The minimum Gasteiger partial charge on any atom is -0.508 e. The standard InChI is InChI=1S/C24H20FNO6/c1-12-9-19-17(11-21(26-19)32-24(29)30)13(2)23(12)31-16-7-8-20(27)18(10-16)22(28)14-3-5-15(25)6-4-14/h3-11,22,26-28H,1-2H3,(H,29,30). The second kappa shape index (κ2) is 8.24. The number of halogens is 1. The number of aryl methyl sites for hydroxylation is 2. The van der Waals surface area contributed by atoms with E-state index in [0.29, 0.717) is 22.6 Å². The summed E-state index contributed by atoms with van der Waals surface area (Å²) in [4.78, 5) is 13.7. The molecule has 164 valence electrons. The first-order valence-corrected chi connectivity index (χ1v) is 9.71. The van der Waals surface area contributed by atoms with E-state index in [1.165, 1.54) is 36.4 Å². The zero-order valence-electron chi connectivity index (χ0n) is 17.2. The van der Waals surface area contributed by atoms with Gasteiger partial charge in [0.25, 0.3) is 0 Å². The molecule has 3 aromatic carbocycles. The highest BCUT2D eigenvalue weighted by atomic mass is 19.1. The van der Waals surface area contributed by atoms with E-state index >= 15 is 0 Å². The van der Waals surface area contributed by atoms with Crippen molar-refractivity contribution in [2.45, 2.75) is 20.0 Å². The number of fused-ring (bicyclic) bond motifs is 1. The van der Waals surface area contributed by atoms with E-state index in [1.54, 1.807) is 18.2 Å². The number of aliphatic hydroxyl groups excluding tert-OH is 1. The average Bonchev–Trinajstić information content (AvgIpc) is 3.14. The lowest BCUT2D eigenvalue weighted by Crippen LogP contribution is -2.02. The van der Waals surface area contributed by atoms with E-state index in [-0.39, 0.29) is 17.2 Å². The van der Waals surface area contributed by atoms with Gasteiger partial charge < -0.3 is 29.8 Å². The first-order valence-electron chi connectivity index (χ1n) is 9.71. The fraction of sp³-hybridized carbons (Fsp3) is 0.125. The lowest BCUT2D eigenvalue weighted by Gasteiger charge is -2.17. The molecule has 0 fully saturated rings. The molecule has 8 heteroatoms. The average molecular weight is 437 g/mol. The van der Waals surface area contributed by atoms with Gasteiger partial charge in [-0.05, 0) is 61.4 Å². The van der Waals surface area contributed by atoms with Gasteiger partial charge in [-0.1, -0.05) is 12.1 Å². The van der Waals surface area contributed by atoms with Crippen molar-refractivity contribution in [3.8, 4) is 23.1 Å². The molecule has 0 bridgehead atoms. The van der Waals surface area contributed by atoms with Crippen molar-refractivity contribution in [1.29, 1.82) is 0 Å². The molecule has 4 N–H and O–H groups in total. The molecule has 32 heavy (non-hydrogen) atoms. The van der Waals surface area contributed by atoms with E-state index in [2.05, 4.69) is 4.98 Å². The van der Waals surface area contributed by atoms with Crippen molar-refractivity contribution in [2.75, 3.05) is 0 Å². The Bertz CT molecular complexity index is 1310. The molecule has 0 aliphatic carbocycles. The fourth-order valence-electron chi connectivity index (χ4n) is 3.63. The largest absolute Gasteiger partial charge is 0.512 e. The minimum absolute atomic E-state index is 0.0986. The Morgan fingerprint density at radius 3 is 2.47 bits per heavy atom. The summed E-state index contributed by atoms with van der Waals surface area (Å²) in [6.45, 7) is 3.67. The SMILES string of the molecule is Cc1cc2[nH]c(OC(=O)O)cc2c(C)c1Oc1ccc(O)c(C(O)c2ccc(F)cc2)c1. The fourth-order valence-corrected chi connectivity index (χ4v) is 3.63. The molecule has 0 saturated carbocycles. The Hall–Kier alpha value is -4.04. The van der Waals surface area contributed by atoms with Crippen LogP contribution in [-0.4, -0.2) is 26.5 Å². The van der Waals surface area contributed by atoms with Crippen LogP contribution in [0.15, 0.2) is 54.6 Å². The predicted octanol–water partition coefficient (Wildman–Crippen LogP) is 5.56. The minimum atomic E-state index is -1.42. The summed E-state index contributed by atoms with van der Waals surface area (Å²) < 4.78 is 24.0. The number of phenolic OH excluding ortho intramolecular Hbond substituents is 1. The summed E-state index contributed by atoms with van der Waals surface area (Å²) in [5.74, 6) is 0.472. The highest BCUT2D eigenvalue weighted by Gasteiger charge is 2.18. The maximum atomic E-state index is 13.2. The van der Waals surface area contributed by atoms with Crippen LogP contribution in [0, 0.1) is 19.7 Å². The molecule has 0 aliphatic rings. The molecule has 1 heterocycles. The van der Waals surface area contributed by atoms with Crippen molar-refractivity contribution in [3.05, 3.63) is 82.7 Å². The molecule has 0 amide bonds. The molecule has 4 rings (SSSR count). The number of H-pyrrole nitrogens is 1. The van der Waals surface area contributed by atoms with E-state index < -0.39 is 18.1 Å². The summed E-state index contributed by atoms with van der Waals surface area (Å²) >= 11 is 0. The summed E-state index contributed by atoms with van der Waals surface area (Å²) in [6, 6.07) is 13.2. The van der Waals surface area contributed by atoms with Gasteiger partial charge in [0.15, 0.2) is 0 Å². The van der Waals surface area contributed by atoms with Gasteiger partial charge >= 0.3 is 6.16 Å². The number of ether oxygens (including phenoxy) is 2. The molecule has 0 saturated heterocycles. The summed E-state index contributed by atoms with van der Waals surface area (Å²) in [5, 5.41) is 30.5. The first-order chi connectivity index (χ1) is 15.2. The van der Waals surface area contributed by atoms with Crippen LogP contribution in [0.2, 0.25) is 0 Å². The molecule has 0 radical (unpaired) electrons. The van der Waals surface area contributed by atoms with Crippen molar-refractivity contribution in [3.63, 3.8) is 0 Å². The predicted molar refractivity (Wildman–Crippen MR) is 115 cm³/mol. The second-order valence-corrected chi connectivity index (χ2v) is 7.39. The smallest absolute Gasteiger partial charge is 0.508 e. The van der Waals surface area contributed by atoms with Crippen molar-refractivity contribution in [2.24, 2.45) is 0 Å². The van der Waals surface area contributed by atoms with E-state index in [1.807, 2.05) is 13.8 Å². The van der Waals surface area contributed by atoms with E-state index in [0.717, 1.165) is 16.5 Å². The van der Waals surface area contributed by atoms with Crippen LogP contribution in [-0.2, 0) is 0 Å². The zero-order chi connectivity index (χ0) is 23.0. The number of carbonyl (C=O) groups is 1. The molecular weight excluding hydrogens is 417 g/mol. The Labute approximate surface area is 182 Å². The van der Waals surface area contributed by atoms with Gasteiger partial charge in [-0.25, -0.2) is 9.18 Å². The molecule has 1 atom stereocenters. The van der Waals surface area contributed by atoms with Gasteiger partial charge in [0.2, 0.25) is 5.88 Å². The Morgan fingerprint density at radius 2 is 1.78 bits per heavy atom. The molecule has 1 aromatic heterocycles. The first kappa shape index (κ1) is 21.2. The number of carboxylic acid groups (broad SMARTS) is 1. The van der Waals surface area contributed by atoms with E-state index in [4.69, 9.17) is 14.6 Å². The summed E-state index contributed by atoms with van der Waals surface area (Å²) in [5.41, 5.74) is 2.87. The van der Waals surface area contributed by atoms with Gasteiger partial charge in [-0.15, -0.1) is 0 Å². The van der Waals surface area contributed by atoms with Gasteiger partial charge in [0.1, 0.15) is 29.2 Å². The van der Waals surface area contributed by atoms with Gasteiger partial charge in [-0.2, -0.15) is 0 Å². The van der Waals surface area contributed by atoms with Gasteiger partial charge in [0, 0.05) is 28.1 Å².